The van der Waals surface area contributed by atoms with Crippen molar-refractivity contribution in [3.05, 3.63) is 0 Å². The topological polar surface area (TPSA) is 134 Å². The third-order valence-electron chi connectivity index (χ3n) is 3.14. The van der Waals surface area contributed by atoms with E-state index in [4.69, 9.17) is 25.7 Å². The van der Waals surface area contributed by atoms with Crippen LogP contribution in [0.3, 0.4) is 0 Å². The Morgan fingerprint density at radius 3 is 2.04 bits per heavy atom. The lowest BCUT2D eigenvalue weighted by Crippen LogP contribution is -2.49. The Labute approximate surface area is 155 Å². The number of ether oxygens (including phenoxy) is 3. The van der Waals surface area contributed by atoms with E-state index in [2.05, 4.69) is 0 Å². The van der Waals surface area contributed by atoms with Gasteiger partial charge in [0, 0.05) is 26.2 Å². The van der Waals surface area contributed by atoms with Crippen molar-refractivity contribution in [1.29, 1.82) is 0 Å². The number of hydrogen-bond acceptors (Lipinski definition) is 7. The van der Waals surface area contributed by atoms with E-state index in [9.17, 15) is 14.4 Å². The molecule has 0 unspecified atom stereocenters. The molecule has 0 rings (SSSR count). The fourth-order valence-corrected chi connectivity index (χ4v) is 2.13. The number of amides is 2. The number of nitrogens with two attached hydrogens (primary N) is 2. The standard InChI is InChI=1S/C17H33N3O6/c1-6-24-15(25-7-2)11-20(9-8-13(19)21)16(23)12(18)10-14(22)26-17(3,4)5/h12,15H,6-11,18H2,1-5H3,(H2,19,21)/t12-/m0/s1. The van der Waals surface area contributed by atoms with E-state index in [1.807, 2.05) is 0 Å². The van der Waals surface area contributed by atoms with Gasteiger partial charge in [0.25, 0.3) is 0 Å². The number of rotatable bonds is 12. The Hall–Kier alpha value is -1.71. The van der Waals surface area contributed by atoms with Crippen LogP contribution in [0.25, 0.3) is 0 Å². The SMILES string of the molecule is CCOC(CN(CCC(N)=O)C(=O)[C@@H](N)CC(=O)OC(C)(C)C)OCC. The van der Waals surface area contributed by atoms with Crippen molar-refractivity contribution in [2.24, 2.45) is 11.5 Å². The van der Waals surface area contributed by atoms with Crippen LogP contribution in [0, 0.1) is 0 Å². The molecule has 26 heavy (non-hydrogen) atoms. The first-order chi connectivity index (χ1) is 12.0. The highest BCUT2D eigenvalue weighted by Gasteiger charge is 2.28. The lowest BCUT2D eigenvalue weighted by molar-refractivity contribution is -0.163. The van der Waals surface area contributed by atoms with Gasteiger partial charge in [-0.3, -0.25) is 14.4 Å². The van der Waals surface area contributed by atoms with Crippen molar-refractivity contribution in [3.8, 4) is 0 Å². The molecule has 0 aliphatic rings. The van der Waals surface area contributed by atoms with Crippen LogP contribution < -0.4 is 11.5 Å². The maximum Gasteiger partial charge on any atom is 0.308 e. The van der Waals surface area contributed by atoms with Gasteiger partial charge in [0.1, 0.15) is 5.60 Å². The quantitative estimate of drug-likeness (QED) is 0.366. The van der Waals surface area contributed by atoms with Crippen LogP contribution in [-0.2, 0) is 28.6 Å². The van der Waals surface area contributed by atoms with Gasteiger partial charge in [-0.2, -0.15) is 0 Å². The molecule has 0 aromatic carbocycles. The van der Waals surface area contributed by atoms with Gasteiger partial charge in [-0.15, -0.1) is 0 Å². The van der Waals surface area contributed by atoms with Gasteiger partial charge < -0.3 is 30.6 Å². The minimum absolute atomic E-state index is 0.0319. The second-order valence-corrected chi connectivity index (χ2v) is 6.74. The number of hydrogen-bond donors (Lipinski definition) is 2. The van der Waals surface area contributed by atoms with E-state index in [1.165, 1.54) is 4.90 Å². The smallest absolute Gasteiger partial charge is 0.308 e. The van der Waals surface area contributed by atoms with Crippen molar-refractivity contribution in [3.63, 3.8) is 0 Å². The Balaban J connectivity index is 4.99. The largest absolute Gasteiger partial charge is 0.460 e. The molecule has 0 aliphatic heterocycles. The maximum absolute atomic E-state index is 12.6. The molecule has 0 spiro atoms. The molecule has 0 bridgehead atoms. The van der Waals surface area contributed by atoms with Crippen LogP contribution in [0.4, 0.5) is 0 Å². The van der Waals surface area contributed by atoms with Gasteiger partial charge in [-0.25, -0.2) is 0 Å². The molecule has 0 saturated heterocycles. The molecular weight excluding hydrogens is 342 g/mol. The van der Waals surface area contributed by atoms with Crippen molar-refractivity contribution in [2.75, 3.05) is 26.3 Å². The van der Waals surface area contributed by atoms with Crippen molar-refractivity contribution in [1.82, 2.24) is 4.90 Å². The number of carbonyl (C=O) groups is 3. The summed E-state index contributed by atoms with van der Waals surface area (Å²) in [6, 6.07) is -1.10. The van der Waals surface area contributed by atoms with Crippen LogP contribution >= 0.6 is 0 Å². The number of primary amides is 1. The molecule has 0 aromatic heterocycles. The first-order valence-corrected chi connectivity index (χ1v) is 8.77. The lowest BCUT2D eigenvalue weighted by atomic mass is 10.1. The summed E-state index contributed by atoms with van der Waals surface area (Å²) in [5.41, 5.74) is 10.4. The van der Waals surface area contributed by atoms with Crippen molar-refractivity contribution in [2.45, 2.75) is 65.4 Å². The van der Waals surface area contributed by atoms with Gasteiger partial charge in [-0.05, 0) is 34.6 Å². The van der Waals surface area contributed by atoms with Crippen molar-refractivity contribution < 1.29 is 28.6 Å². The van der Waals surface area contributed by atoms with E-state index in [-0.39, 0.29) is 25.9 Å². The summed E-state index contributed by atoms with van der Waals surface area (Å²) in [5, 5.41) is 0. The number of carbonyl (C=O) groups excluding carboxylic acids is 3. The zero-order valence-electron chi connectivity index (χ0n) is 16.4. The summed E-state index contributed by atoms with van der Waals surface area (Å²) in [6.45, 7) is 9.72. The second-order valence-electron chi connectivity index (χ2n) is 6.74. The summed E-state index contributed by atoms with van der Waals surface area (Å²) >= 11 is 0. The third-order valence-corrected chi connectivity index (χ3v) is 3.14. The normalized spacial score (nSPS) is 12.7. The average molecular weight is 375 g/mol. The maximum atomic E-state index is 12.6. The van der Waals surface area contributed by atoms with Crippen LogP contribution in [0.15, 0.2) is 0 Å². The molecular formula is C17H33N3O6. The lowest BCUT2D eigenvalue weighted by Gasteiger charge is -2.29. The molecule has 0 fully saturated rings. The summed E-state index contributed by atoms with van der Waals surface area (Å²) in [7, 11) is 0. The molecule has 4 N–H and O–H groups in total. The fraction of sp³-hybridized carbons (Fsp3) is 0.824. The van der Waals surface area contributed by atoms with Gasteiger partial charge >= 0.3 is 5.97 Å². The number of esters is 1. The molecule has 0 heterocycles. The first-order valence-electron chi connectivity index (χ1n) is 8.77. The fourth-order valence-electron chi connectivity index (χ4n) is 2.13. The summed E-state index contributed by atoms with van der Waals surface area (Å²) in [6.07, 6.45) is -0.956. The molecule has 152 valence electrons. The summed E-state index contributed by atoms with van der Waals surface area (Å²) in [5.74, 6) is -1.62. The van der Waals surface area contributed by atoms with Crippen LogP contribution in [0.1, 0.15) is 47.5 Å². The van der Waals surface area contributed by atoms with Gasteiger partial charge in [0.2, 0.25) is 11.8 Å². The van der Waals surface area contributed by atoms with Crippen LogP contribution in [0.2, 0.25) is 0 Å². The molecule has 0 saturated carbocycles. The molecule has 9 heteroatoms. The highest BCUT2D eigenvalue weighted by atomic mass is 16.7. The van der Waals surface area contributed by atoms with E-state index in [0.29, 0.717) is 13.2 Å². The molecule has 0 aliphatic carbocycles. The second kappa shape index (κ2) is 11.8. The molecule has 0 aromatic rings. The molecule has 0 radical (unpaired) electrons. The van der Waals surface area contributed by atoms with Crippen LogP contribution in [0.5, 0.6) is 0 Å². The molecule has 9 nitrogen and oxygen atoms in total. The van der Waals surface area contributed by atoms with E-state index in [1.54, 1.807) is 34.6 Å². The van der Waals surface area contributed by atoms with Gasteiger partial charge in [0.05, 0.1) is 19.0 Å². The Morgan fingerprint density at radius 1 is 1.08 bits per heavy atom. The minimum Gasteiger partial charge on any atom is -0.460 e. The van der Waals surface area contributed by atoms with Gasteiger partial charge in [-0.1, -0.05) is 0 Å². The highest BCUT2D eigenvalue weighted by Crippen LogP contribution is 2.10. The average Bonchev–Trinajstić information content (AvgIpc) is 2.48. The third kappa shape index (κ3) is 11.0. The van der Waals surface area contributed by atoms with E-state index in [0.717, 1.165) is 0 Å². The predicted molar refractivity (Wildman–Crippen MR) is 95.9 cm³/mol. The molecule has 1 atom stereocenters. The van der Waals surface area contributed by atoms with E-state index < -0.39 is 35.7 Å². The highest BCUT2D eigenvalue weighted by molar-refractivity contribution is 5.87. The minimum atomic E-state index is -1.10. The summed E-state index contributed by atoms with van der Waals surface area (Å²) in [4.78, 5) is 36.9. The predicted octanol–water partition coefficient (Wildman–Crippen LogP) is 0.149. The Morgan fingerprint density at radius 2 is 1.62 bits per heavy atom. The Kier molecular flexibility index (Phi) is 11.0. The monoisotopic (exact) mass is 375 g/mol. The van der Waals surface area contributed by atoms with Crippen molar-refractivity contribution >= 4 is 17.8 Å². The van der Waals surface area contributed by atoms with Gasteiger partial charge in [0.15, 0.2) is 6.29 Å². The zero-order valence-corrected chi connectivity index (χ0v) is 16.4. The van der Waals surface area contributed by atoms with E-state index >= 15 is 0 Å². The Bertz CT molecular complexity index is 458. The van der Waals surface area contributed by atoms with Crippen LogP contribution in [-0.4, -0.2) is 66.9 Å². The molecule has 2 amide bonds. The first kappa shape index (κ1) is 24.3. The zero-order chi connectivity index (χ0) is 20.3. The number of nitrogens with zero attached hydrogens (tertiary/aromatic N) is 1. The summed E-state index contributed by atoms with van der Waals surface area (Å²) < 4.78 is 16.0.